The van der Waals surface area contributed by atoms with Gasteiger partial charge in [0.15, 0.2) is 0 Å². The summed E-state index contributed by atoms with van der Waals surface area (Å²) < 4.78 is 1.24. The van der Waals surface area contributed by atoms with Crippen LogP contribution in [-0.4, -0.2) is 19.3 Å². The average Bonchev–Trinajstić information content (AvgIpc) is 2.58. The maximum absolute atomic E-state index is 10.6. The Balaban J connectivity index is 0.00000105. The van der Waals surface area contributed by atoms with Crippen molar-refractivity contribution in [1.29, 1.82) is 0 Å². The molecule has 0 heterocycles. The van der Waals surface area contributed by atoms with Crippen LogP contribution in [0.1, 0.15) is 43.7 Å². The molecule has 0 aliphatic carbocycles. The maximum atomic E-state index is 10.6. The first kappa shape index (κ1) is 23.9. The third-order valence-electron chi connectivity index (χ3n) is 4.54. The van der Waals surface area contributed by atoms with E-state index >= 15 is 0 Å². The SMILES string of the molecule is Cc1cccc([CH]([N-]c2ccccc2)[Al]([CH](C)C)[CH](C)C)c1O.[Cl][Ti][Cl]. The van der Waals surface area contributed by atoms with Gasteiger partial charge in [-0.2, -0.15) is 0 Å². The van der Waals surface area contributed by atoms with Gasteiger partial charge in [-0.25, -0.2) is 0 Å². The van der Waals surface area contributed by atoms with Crippen LogP contribution in [0.2, 0.25) is 9.56 Å². The molecule has 0 saturated heterocycles. The Morgan fingerprint density at radius 3 is 1.96 bits per heavy atom. The van der Waals surface area contributed by atoms with Crippen LogP contribution >= 0.6 is 18.6 Å². The Morgan fingerprint density at radius 2 is 1.46 bits per heavy atom. The van der Waals surface area contributed by atoms with Crippen molar-refractivity contribution in [3.05, 3.63) is 65.0 Å². The Bertz CT molecular complexity index is 648. The van der Waals surface area contributed by atoms with Crippen molar-refractivity contribution in [2.75, 3.05) is 0 Å². The van der Waals surface area contributed by atoms with Gasteiger partial charge in [-0.3, -0.25) is 0 Å². The number of phenolic OH excluding ortho intramolecular Hbond substituents is 1. The molecular formula is C20H27AlCl2NOTi-. The number of rotatable bonds is 6. The van der Waals surface area contributed by atoms with Gasteiger partial charge in [0.1, 0.15) is 5.75 Å². The summed E-state index contributed by atoms with van der Waals surface area (Å²) >= 11 is -1.82. The van der Waals surface area contributed by atoms with E-state index in [1.165, 1.54) is 0 Å². The number of hydrogen-bond donors (Lipinski definition) is 1. The van der Waals surface area contributed by atoms with Crippen molar-refractivity contribution in [1.82, 2.24) is 0 Å². The predicted molar refractivity (Wildman–Crippen MR) is 113 cm³/mol. The molecular weight excluding hydrogens is 416 g/mol. The van der Waals surface area contributed by atoms with E-state index in [0.29, 0.717) is 15.3 Å². The Labute approximate surface area is 179 Å². The number of para-hydroxylation sites is 2. The summed E-state index contributed by atoms with van der Waals surface area (Å²) in [5, 5.41) is 15.7. The molecule has 0 aromatic heterocycles. The Hall–Kier alpha value is -0.133. The van der Waals surface area contributed by atoms with Crippen LogP contribution in [0.4, 0.5) is 5.69 Å². The fourth-order valence-electron chi connectivity index (χ4n) is 3.46. The van der Waals surface area contributed by atoms with E-state index in [1.807, 2.05) is 55.5 Å². The fourth-order valence-corrected chi connectivity index (χ4v) is 7.48. The van der Waals surface area contributed by atoms with Crippen LogP contribution in [0, 0.1) is 6.92 Å². The number of aromatic hydroxyl groups is 1. The van der Waals surface area contributed by atoms with Crippen LogP contribution < -0.4 is 0 Å². The van der Waals surface area contributed by atoms with Gasteiger partial charge in [-0.05, 0) is 18.1 Å². The van der Waals surface area contributed by atoms with Gasteiger partial charge < -0.3 is 10.4 Å². The zero-order chi connectivity index (χ0) is 19.7. The Morgan fingerprint density at radius 1 is 0.923 bits per heavy atom. The number of nitrogens with zero attached hydrogens (tertiary/aromatic N) is 1. The molecule has 2 aromatic rings. The molecule has 0 amide bonds. The fraction of sp³-hybridized carbons (Fsp3) is 0.400. The van der Waals surface area contributed by atoms with E-state index in [2.05, 4.69) is 27.7 Å². The van der Waals surface area contributed by atoms with Crippen LogP contribution in [-0.2, 0) is 17.0 Å². The van der Waals surface area contributed by atoms with Crippen molar-refractivity contribution in [2.24, 2.45) is 0 Å². The molecule has 0 bridgehead atoms. The molecule has 1 atom stereocenters. The Kier molecular flexibility index (Phi) is 11.4. The molecule has 0 fully saturated rings. The second-order valence-corrected chi connectivity index (χ2v) is 14.1. The quantitative estimate of drug-likeness (QED) is 0.457. The molecule has 140 valence electrons. The van der Waals surface area contributed by atoms with Crippen LogP contribution in [0.15, 0.2) is 48.5 Å². The second-order valence-electron chi connectivity index (χ2n) is 7.06. The van der Waals surface area contributed by atoms with E-state index in [4.69, 9.17) is 23.9 Å². The number of aryl methyl sites for hydroxylation is 1. The van der Waals surface area contributed by atoms with Gasteiger partial charge >= 0.3 is 35.6 Å². The van der Waals surface area contributed by atoms with Gasteiger partial charge in [0.2, 0.25) is 0 Å². The monoisotopic (exact) mass is 442 g/mol. The van der Waals surface area contributed by atoms with Crippen molar-refractivity contribution in [2.45, 2.75) is 49.1 Å². The first-order chi connectivity index (χ1) is 12.3. The third-order valence-corrected chi connectivity index (χ3v) is 8.85. The van der Waals surface area contributed by atoms with Gasteiger partial charge in [0.05, 0.1) is 0 Å². The second kappa shape index (κ2) is 12.3. The minimum absolute atomic E-state index is 0.0947. The summed E-state index contributed by atoms with van der Waals surface area (Å²) in [6.07, 6.45) is 0. The molecule has 0 saturated carbocycles. The van der Waals surface area contributed by atoms with E-state index in [1.54, 1.807) is 0 Å². The predicted octanol–water partition coefficient (Wildman–Crippen LogP) is 7.68. The molecule has 0 spiro atoms. The number of benzene rings is 2. The van der Waals surface area contributed by atoms with Gasteiger partial charge in [0.25, 0.3) is 14.1 Å². The van der Waals surface area contributed by atoms with Crippen molar-refractivity contribution in [3.63, 3.8) is 0 Å². The zero-order valence-corrected chi connectivity index (χ0v) is 20.3. The van der Waals surface area contributed by atoms with Gasteiger partial charge in [-0.1, -0.05) is 85.8 Å². The molecule has 2 aromatic carbocycles. The van der Waals surface area contributed by atoms with Crippen LogP contribution in [0.3, 0.4) is 0 Å². The van der Waals surface area contributed by atoms with E-state index in [0.717, 1.165) is 16.8 Å². The van der Waals surface area contributed by atoms with Crippen molar-refractivity contribution in [3.8, 4) is 5.75 Å². The van der Waals surface area contributed by atoms with E-state index < -0.39 is 31.2 Å². The summed E-state index contributed by atoms with van der Waals surface area (Å²) in [6, 6.07) is 16.2. The van der Waals surface area contributed by atoms with Crippen LogP contribution in [0.25, 0.3) is 5.32 Å². The molecule has 1 N–H and O–H groups in total. The van der Waals surface area contributed by atoms with Crippen LogP contribution in [0.5, 0.6) is 5.75 Å². The number of phenols is 1. The molecule has 1 unspecified atom stereocenters. The molecule has 6 heteroatoms. The normalized spacial score (nSPS) is 11.6. The molecule has 2 rings (SSSR count). The van der Waals surface area contributed by atoms with Crippen molar-refractivity contribution >= 4 is 38.4 Å². The summed E-state index contributed by atoms with van der Waals surface area (Å²) in [7, 11) is 9.78. The summed E-state index contributed by atoms with van der Waals surface area (Å²) in [5.41, 5.74) is 2.92. The molecule has 2 nitrogen and oxygen atoms in total. The first-order valence-corrected chi connectivity index (χ1v) is 15.1. The third kappa shape index (κ3) is 7.12. The van der Waals surface area contributed by atoms with Crippen molar-refractivity contribution < 1.29 is 22.1 Å². The zero-order valence-electron chi connectivity index (χ0n) is 16.1. The number of hydrogen-bond acceptors (Lipinski definition) is 1. The average molecular weight is 443 g/mol. The topological polar surface area (TPSA) is 34.3 Å². The van der Waals surface area contributed by atoms with Gasteiger partial charge in [0, 0.05) is 0 Å². The summed E-state index contributed by atoms with van der Waals surface area (Å²) in [5.74, 6) is 0.413. The molecule has 0 aliphatic rings. The molecule has 26 heavy (non-hydrogen) atoms. The summed E-state index contributed by atoms with van der Waals surface area (Å²) in [6.45, 7) is 11.2. The van der Waals surface area contributed by atoms with Gasteiger partial charge in [-0.15, -0.1) is 10.6 Å². The summed E-state index contributed by atoms with van der Waals surface area (Å²) in [4.78, 5) is 0.0947. The molecule has 0 radical (unpaired) electrons. The van der Waals surface area contributed by atoms with E-state index in [9.17, 15) is 5.11 Å². The standard InChI is InChI=1S/C14H13NO.2C3H7.Al.2ClH.Ti/c1-11-6-5-7-12(14(11)16)10-15-13-8-3-2-4-9-13;2*1-3-2;;;;/h2-10,16H,1H3;2*3H,1-2H3;;2*1H;/q-1;;;;;;+2/p-2. The first-order valence-electron chi connectivity index (χ1n) is 8.84. The molecule has 0 aliphatic heterocycles. The minimum atomic E-state index is -1.27. The number of halogens is 2. The van der Waals surface area contributed by atoms with E-state index in [-0.39, 0.29) is 4.90 Å².